The summed E-state index contributed by atoms with van der Waals surface area (Å²) in [6.07, 6.45) is 0. The molecule has 2 nitrogen and oxygen atoms in total. The van der Waals surface area contributed by atoms with Gasteiger partial charge in [-0.15, -0.1) is 0 Å². The third-order valence-corrected chi connectivity index (χ3v) is 4.15. The molecule has 2 aromatic carbocycles. The minimum Gasteiger partial charge on any atom is -0.330 e. The molecular formula is C15H11FINO. The molecule has 0 radical (unpaired) electrons. The van der Waals surface area contributed by atoms with Gasteiger partial charge in [0, 0.05) is 16.7 Å². The Morgan fingerprint density at radius 3 is 2.58 bits per heavy atom. The van der Waals surface area contributed by atoms with Gasteiger partial charge >= 0.3 is 0 Å². The fraction of sp³-hybridized carbons (Fsp3) is 0.133. The van der Waals surface area contributed by atoms with E-state index >= 15 is 0 Å². The van der Waals surface area contributed by atoms with Crippen LogP contribution in [0.2, 0.25) is 0 Å². The number of benzene rings is 2. The Morgan fingerprint density at radius 1 is 1.16 bits per heavy atom. The van der Waals surface area contributed by atoms with Gasteiger partial charge in [0.1, 0.15) is 5.82 Å². The van der Waals surface area contributed by atoms with E-state index in [0.29, 0.717) is 13.1 Å². The molecule has 0 saturated carbocycles. The van der Waals surface area contributed by atoms with E-state index in [-0.39, 0.29) is 11.7 Å². The second kappa shape index (κ2) is 4.92. The van der Waals surface area contributed by atoms with Gasteiger partial charge < -0.3 is 4.90 Å². The molecule has 96 valence electrons. The zero-order chi connectivity index (χ0) is 13.4. The van der Waals surface area contributed by atoms with E-state index in [9.17, 15) is 9.18 Å². The summed E-state index contributed by atoms with van der Waals surface area (Å²) in [5, 5.41) is 0. The summed E-state index contributed by atoms with van der Waals surface area (Å²) in [4.78, 5) is 14.1. The summed E-state index contributed by atoms with van der Waals surface area (Å²) in [6, 6.07) is 12.2. The van der Waals surface area contributed by atoms with E-state index < -0.39 is 0 Å². The van der Waals surface area contributed by atoms with E-state index in [0.717, 1.165) is 20.3 Å². The smallest absolute Gasteiger partial charge is 0.255 e. The zero-order valence-electron chi connectivity index (χ0n) is 10.1. The lowest BCUT2D eigenvalue weighted by Crippen LogP contribution is -2.23. The van der Waals surface area contributed by atoms with Gasteiger partial charge in [-0.2, -0.15) is 0 Å². The fourth-order valence-corrected chi connectivity index (χ4v) is 3.10. The quantitative estimate of drug-likeness (QED) is 0.743. The number of hydrogen-bond acceptors (Lipinski definition) is 1. The van der Waals surface area contributed by atoms with Crippen molar-refractivity contribution in [1.82, 2.24) is 4.90 Å². The van der Waals surface area contributed by atoms with Crippen LogP contribution < -0.4 is 0 Å². The first kappa shape index (κ1) is 12.6. The molecule has 0 fully saturated rings. The SMILES string of the molecule is O=C1c2c(I)cccc2CN1Cc1ccc(F)cc1. The molecule has 1 amide bonds. The molecule has 2 aromatic rings. The number of rotatable bonds is 2. The molecule has 1 aliphatic heterocycles. The van der Waals surface area contributed by atoms with E-state index in [1.54, 1.807) is 17.0 Å². The van der Waals surface area contributed by atoms with Gasteiger partial charge in [0.25, 0.3) is 5.91 Å². The van der Waals surface area contributed by atoms with Gasteiger partial charge in [-0.05, 0) is 51.9 Å². The van der Waals surface area contributed by atoms with Crippen molar-refractivity contribution in [1.29, 1.82) is 0 Å². The first-order valence-electron chi connectivity index (χ1n) is 5.96. The van der Waals surface area contributed by atoms with Crippen LogP contribution in [0.4, 0.5) is 4.39 Å². The van der Waals surface area contributed by atoms with Crippen LogP contribution in [0.3, 0.4) is 0 Å². The molecule has 0 atom stereocenters. The Hall–Kier alpha value is -1.43. The number of hydrogen-bond donors (Lipinski definition) is 0. The summed E-state index contributed by atoms with van der Waals surface area (Å²) >= 11 is 2.19. The highest BCUT2D eigenvalue weighted by Crippen LogP contribution is 2.28. The molecule has 0 spiro atoms. The molecule has 0 aromatic heterocycles. The average Bonchev–Trinajstić information content (AvgIpc) is 2.71. The summed E-state index contributed by atoms with van der Waals surface area (Å²) in [5.74, 6) is -0.196. The van der Waals surface area contributed by atoms with Crippen LogP contribution in [-0.2, 0) is 13.1 Å². The standard InChI is InChI=1S/C15H11FINO/c16-12-6-4-10(5-7-12)8-18-9-11-2-1-3-13(17)14(11)15(18)19/h1-7H,8-9H2. The largest absolute Gasteiger partial charge is 0.330 e. The van der Waals surface area contributed by atoms with E-state index in [1.165, 1.54) is 12.1 Å². The van der Waals surface area contributed by atoms with Crippen molar-refractivity contribution in [2.75, 3.05) is 0 Å². The lowest BCUT2D eigenvalue weighted by Gasteiger charge is -2.15. The van der Waals surface area contributed by atoms with Crippen molar-refractivity contribution < 1.29 is 9.18 Å². The number of amides is 1. The number of carbonyl (C=O) groups is 1. The Balaban J connectivity index is 1.84. The van der Waals surface area contributed by atoms with Crippen LogP contribution in [-0.4, -0.2) is 10.8 Å². The summed E-state index contributed by atoms with van der Waals surface area (Å²) in [5.41, 5.74) is 2.82. The van der Waals surface area contributed by atoms with Gasteiger partial charge in [0.05, 0.1) is 5.56 Å². The van der Waals surface area contributed by atoms with E-state index in [4.69, 9.17) is 0 Å². The normalized spacial score (nSPS) is 13.8. The lowest BCUT2D eigenvalue weighted by molar-refractivity contribution is 0.0766. The molecule has 0 unspecified atom stereocenters. The van der Waals surface area contributed by atoms with Crippen LogP contribution in [0.1, 0.15) is 21.5 Å². The topological polar surface area (TPSA) is 20.3 Å². The third-order valence-electron chi connectivity index (χ3n) is 3.25. The Morgan fingerprint density at radius 2 is 1.89 bits per heavy atom. The molecule has 19 heavy (non-hydrogen) atoms. The lowest BCUT2D eigenvalue weighted by atomic mass is 10.1. The molecule has 4 heteroatoms. The average molecular weight is 367 g/mol. The highest BCUT2D eigenvalue weighted by atomic mass is 127. The predicted octanol–water partition coefficient (Wildman–Crippen LogP) is 3.59. The van der Waals surface area contributed by atoms with Crippen molar-refractivity contribution in [3.05, 3.63) is 68.5 Å². The van der Waals surface area contributed by atoms with Gasteiger partial charge in [-0.25, -0.2) is 4.39 Å². The molecule has 0 saturated heterocycles. The van der Waals surface area contributed by atoms with E-state index in [1.807, 2.05) is 18.2 Å². The molecule has 0 N–H and O–H groups in total. The Kier molecular flexibility index (Phi) is 3.26. The Labute approximate surface area is 124 Å². The van der Waals surface area contributed by atoms with Crippen LogP contribution in [0.25, 0.3) is 0 Å². The minimum atomic E-state index is -0.255. The van der Waals surface area contributed by atoms with Gasteiger partial charge in [-0.3, -0.25) is 4.79 Å². The first-order valence-corrected chi connectivity index (χ1v) is 7.04. The number of fused-ring (bicyclic) bond motifs is 1. The predicted molar refractivity (Wildman–Crippen MR) is 79.1 cm³/mol. The Bertz CT molecular complexity index is 639. The first-order chi connectivity index (χ1) is 9.15. The van der Waals surface area contributed by atoms with Crippen LogP contribution in [0.15, 0.2) is 42.5 Å². The second-order valence-corrected chi connectivity index (χ2v) is 5.72. The molecule has 0 bridgehead atoms. The maximum absolute atomic E-state index is 12.9. The fourth-order valence-electron chi connectivity index (χ4n) is 2.31. The van der Waals surface area contributed by atoms with Gasteiger partial charge in [0.2, 0.25) is 0 Å². The van der Waals surface area contributed by atoms with Crippen molar-refractivity contribution in [2.24, 2.45) is 0 Å². The van der Waals surface area contributed by atoms with Crippen molar-refractivity contribution in [3.63, 3.8) is 0 Å². The molecule has 0 aliphatic carbocycles. The molecule has 3 rings (SSSR count). The van der Waals surface area contributed by atoms with Crippen molar-refractivity contribution in [3.8, 4) is 0 Å². The second-order valence-electron chi connectivity index (χ2n) is 4.56. The van der Waals surface area contributed by atoms with Crippen LogP contribution in [0.5, 0.6) is 0 Å². The molecular weight excluding hydrogens is 356 g/mol. The maximum Gasteiger partial charge on any atom is 0.255 e. The van der Waals surface area contributed by atoms with Gasteiger partial charge in [-0.1, -0.05) is 24.3 Å². The number of halogens is 2. The van der Waals surface area contributed by atoms with Gasteiger partial charge in [0.15, 0.2) is 0 Å². The van der Waals surface area contributed by atoms with Crippen LogP contribution >= 0.6 is 22.6 Å². The van der Waals surface area contributed by atoms with E-state index in [2.05, 4.69) is 22.6 Å². The third kappa shape index (κ3) is 2.36. The summed E-state index contributed by atoms with van der Waals surface area (Å²) in [7, 11) is 0. The summed E-state index contributed by atoms with van der Waals surface area (Å²) in [6.45, 7) is 1.15. The van der Waals surface area contributed by atoms with Crippen molar-refractivity contribution in [2.45, 2.75) is 13.1 Å². The molecule has 1 heterocycles. The van der Waals surface area contributed by atoms with Crippen LogP contribution in [0, 0.1) is 9.39 Å². The highest BCUT2D eigenvalue weighted by Gasteiger charge is 2.28. The highest BCUT2D eigenvalue weighted by molar-refractivity contribution is 14.1. The zero-order valence-corrected chi connectivity index (χ0v) is 12.2. The monoisotopic (exact) mass is 367 g/mol. The van der Waals surface area contributed by atoms with Crippen molar-refractivity contribution >= 4 is 28.5 Å². The number of nitrogens with zero attached hydrogens (tertiary/aromatic N) is 1. The maximum atomic E-state index is 12.9. The number of carbonyl (C=O) groups excluding carboxylic acids is 1. The minimum absolute atomic E-state index is 0.0596. The summed E-state index contributed by atoms with van der Waals surface area (Å²) < 4.78 is 13.9. The molecule has 1 aliphatic rings.